The lowest BCUT2D eigenvalue weighted by Crippen LogP contribution is -2.64. The molecular weight excluding hydrogens is 372 g/mol. The number of aliphatic hydroxyl groups is 8. The smallest absolute Gasteiger partial charge is 0.187 e. The van der Waals surface area contributed by atoms with E-state index in [1.165, 1.54) is 0 Å². The molecular formula is C12H25ClO12. The van der Waals surface area contributed by atoms with Crippen LogP contribution in [-0.4, -0.2) is 121 Å². The molecule has 0 unspecified atom stereocenters. The van der Waals surface area contributed by atoms with Crippen LogP contribution in [-0.2, 0) is 14.2 Å². The fourth-order valence-corrected chi connectivity index (χ4v) is 2.57. The second-order valence-corrected chi connectivity index (χ2v) is 5.53. The summed E-state index contributed by atoms with van der Waals surface area (Å²) in [6, 6.07) is 0. The molecule has 152 valence electrons. The minimum Gasteiger partial charge on any atom is -0.412 e. The highest BCUT2D eigenvalue weighted by atomic mass is 35.5. The van der Waals surface area contributed by atoms with Gasteiger partial charge >= 0.3 is 0 Å². The van der Waals surface area contributed by atoms with Crippen LogP contribution in [0.3, 0.4) is 0 Å². The Hall–Kier alpha value is -0.190. The molecule has 0 radical (unpaired) electrons. The summed E-state index contributed by atoms with van der Waals surface area (Å²) in [7, 11) is 0. The van der Waals surface area contributed by atoms with Gasteiger partial charge < -0.3 is 60.5 Å². The van der Waals surface area contributed by atoms with Crippen LogP contribution in [0.5, 0.6) is 0 Å². The molecule has 2 saturated heterocycles. The number of halogens is 1. The lowest BCUT2D eigenvalue weighted by Gasteiger charge is -2.45. The van der Waals surface area contributed by atoms with Gasteiger partial charge in [-0.05, 0) is 0 Å². The van der Waals surface area contributed by atoms with Crippen LogP contribution >= 0.6 is 12.4 Å². The van der Waals surface area contributed by atoms with Crippen LogP contribution in [0.1, 0.15) is 0 Å². The molecule has 10 atom stereocenters. The van der Waals surface area contributed by atoms with E-state index >= 15 is 0 Å². The largest absolute Gasteiger partial charge is 0.412 e. The van der Waals surface area contributed by atoms with Gasteiger partial charge in [0.05, 0.1) is 13.2 Å². The van der Waals surface area contributed by atoms with Crippen molar-refractivity contribution in [1.29, 1.82) is 0 Å². The van der Waals surface area contributed by atoms with Crippen LogP contribution in [0.15, 0.2) is 0 Å². The maximum atomic E-state index is 9.94. The van der Waals surface area contributed by atoms with Gasteiger partial charge in [-0.15, -0.1) is 12.4 Å². The number of hydrogen-bond donors (Lipinski definition) is 8. The lowest BCUT2D eigenvalue weighted by atomic mass is 9.97. The van der Waals surface area contributed by atoms with Gasteiger partial charge in [-0.3, -0.25) is 0 Å². The predicted octanol–water partition coefficient (Wildman–Crippen LogP) is -5.80. The second-order valence-electron chi connectivity index (χ2n) is 5.53. The van der Waals surface area contributed by atoms with E-state index < -0.39 is 74.6 Å². The van der Waals surface area contributed by atoms with Crippen LogP contribution < -0.4 is 0 Å². The van der Waals surface area contributed by atoms with Gasteiger partial charge in [-0.25, -0.2) is 0 Å². The highest BCUT2D eigenvalue weighted by Gasteiger charge is 2.50. The van der Waals surface area contributed by atoms with Crippen molar-refractivity contribution in [3.63, 3.8) is 0 Å². The summed E-state index contributed by atoms with van der Waals surface area (Å²) in [5.41, 5.74) is 0. The van der Waals surface area contributed by atoms with Crippen molar-refractivity contribution in [2.75, 3.05) is 13.2 Å². The van der Waals surface area contributed by atoms with Crippen molar-refractivity contribution in [2.24, 2.45) is 0 Å². The minimum absolute atomic E-state index is 0. The first-order valence-corrected chi connectivity index (χ1v) is 7.08. The molecule has 0 saturated carbocycles. The Kier molecular flexibility index (Phi) is 10.1. The van der Waals surface area contributed by atoms with E-state index in [2.05, 4.69) is 0 Å². The van der Waals surface area contributed by atoms with E-state index in [9.17, 15) is 35.7 Å². The number of hydrogen-bond acceptors (Lipinski definition) is 11. The first-order valence-electron chi connectivity index (χ1n) is 7.08. The van der Waals surface area contributed by atoms with Crippen molar-refractivity contribution in [3.8, 4) is 0 Å². The summed E-state index contributed by atoms with van der Waals surface area (Å²) in [4.78, 5) is 0. The van der Waals surface area contributed by atoms with Crippen LogP contribution in [0, 0.1) is 0 Å². The number of rotatable bonds is 4. The Morgan fingerprint density at radius 2 is 1.24 bits per heavy atom. The first kappa shape index (κ1) is 24.8. The number of aliphatic hydroxyl groups excluding tert-OH is 8. The highest BCUT2D eigenvalue weighted by Crippen LogP contribution is 2.28. The fourth-order valence-electron chi connectivity index (χ4n) is 2.57. The van der Waals surface area contributed by atoms with Gasteiger partial charge in [0.15, 0.2) is 12.6 Å². The second kappa shape index (κ2) is 10.2. The van der Waals surface area contributed by atoms with Crippen LogP contribution in [0.25, 0.3) is 0 Å². The summed E-state index contributed by atoms with van der Waals surface area (Å²) in [5, 5.41) is 76.5. The van der Waals surface area contributed by atoms with Gasteiger partial charge in [-0.2, -0.15) is 0 Å². The molecule has 12 nitrogen and oxygen atoms in total. The van der Waals surface area contributed by atoms with Gasteiger partial charge in [0, 0.05) is 0 Å². The molecule has 2 fully saturated rings. The van der Waals surface area contributed by atoms with Gasteiger partial charge in [0.2, 0.25) is 0 Å². The van der Waals surface area contributed by atoms with Crippen LogP contribution in [0.4, 0.5) is 0 Å². The average Bonchev–Trinajstić information content (AvgIpc) is 2.55. The summed E-state index contributed by atoms with van der Waals surface area (Å²) >= 11 is 0. The zero-order chi connectivity index (χ0) is 17.3. The number of ether oxygens (including phenoxy) is 3. The Morgan fingerprint density at radius 1 is 0.680 bits per heavy atom. The summed E-state index contributed by atoms with van der Waals surface area (Å²) in [5.74, 6) is 0. The SMILES string of the molecule is Cl.O.OC[C@H]1O[C@@H](O[C@H]2[C@H](O)[C@@H](O)[C@H](O)O[C@@H]2CO)[C@H](O)[C@@H](O)[C@H]1O. The summed E-state index contributed by atoms with van der Waals surface area (Å²) in [6.07, 6.45) is -15.6. The Morgan fingerprint density at radius 3 is 1.76 bits per heavy atom. The highest BCUT2D eigenvalue weighted by molar-refractivity contribution is 5.85. The monoisotopic (exact) mass is 396 g/mol. The third-order valence-electron chi connectivity index (χ3n) is 3.98. The van der Waals surface area contributed by atoms with Gasteiger partial charge in [0.25, 0.3) is 0 Å². The maximum Gasteiger partial charge on any atom is 0.187 e. The Balaban J connectivity index is 0.00000288. The molecule has 2 heterocycles. The molecule has 10 N–H and O–H groups in total. The van der Waals surface area contributed by atoms with Crippen molar-refractivity contribution in [3.05, 3.63) is 0 Å². The van der Waals surface area contributed by atoms with Crippen LogP contribution in [0.2, 0.25) is 0 Å². The van der Waals surface area contributed by atoms with E-state index in [0.717, 1.165) is 0 Å². The van der Waals surface area contributed by atoms with E-state index in [4.69, 9.17) is 19.3 Å². The fraction of sp³-hybridized carbons (Fsp3) is 1.00. The standard InChI is InChI=1S/C12H22O11.ClH.H2O/c13-1-3-5(15)6(16)9(19)12(22-3)23-10-4(2-14)21-11(20)8(18)7(10)17;;/h3-20H,1-2H2;1H;1H2/t3-,4-,5+,6+,7-,8-,9-,10-,11-,12+;;/m1../s1. The molecule has 0 spiro atoms. The van der Waals surface area contributed by atoms with Gasteiger partial charge in [-0.1, -0.05) is 0 Å². The Labute approximate surface area is 148 Å². The first-order chi connectivity index (χ1) is 10.8. The molecule has 0 aromatic rings. The maximum absolute atomic E-state index is 9.94. The average molecular weight is 397 g/mol. The molecule has 0 amide bonds. The van der Waals surface area contributed by atoms with Crippen molar-refractivity contribution >= 4 is 12.4 Å². The van der Waals surface area contributed by atoms with E-state index in [1.807, 2.05) is 0 Å². The Bertz CT molecular complexity index is 385. The molecule has 0 aliphatic carbocycles. The molecule has 0 aromatic heterocycles. The molecule has 2 aliphatic rings. The predicted molar refractivity (Wildman–Crippen MR) is 79.5 cm³/mol. The zero-order valence-corrected chi connectivity index (χ0v) is 13.7. The zero-order valence-electron chi connectivity index (χ0n) is 12.9. The lowest BCUT2D eigenvalue weighted by molar-refractivity contribution is -0.355. The molecule has 2 rings (SSSR count). The molecule has 0 aromatic carbocycles. The van der Waals surface area contributed by atoms with E-state index in [1.54, 1.807) is 0 Å². The summed E-state index contributed by atoms with van der Waals surface area (Å²) in [6.45, 7) is -1.35. The van der Waals surface area contributed by atoms with E-state index in [-0.39, 0.29) is 17.9 Å². The third-order valence-corrected chi connectivity index (χ3v) is 3.98. The molecule has 2 aliphatic heterocycles. The van der Waals surface area contributed by atoms with E-state index in [0.29, 0.717) is 0 Å². The molecule has 13 heteroatoms. The quantitative estimate of drug-likeness (QED) is 0.223. The summed E-state index contributed by atoms with van der Waals surface area (Å²) < 4.78 is 15.3. The van der Waals surface area contributed by atoms with Crippen molar-refractivity contribution < 1.29 is 60.5 Å². The minimum atomic E-state index is -1.74. The topological polar surface area (TPSA) is 221 Å². The normalized spacial score (nSPS) is 47.5. The van der Waals surface area contributed by atoms with Crippen molar-refractivity contribution in [2.45, 2.75) is 61.4 Å². The van der Waals surface area contributed by atoms with Crippen molar-refractivity contribution in [1.82, 2.24) is 0 Å². The molecule has 25 heavy (non-hydrogen) atoms. The molecule has 0 bridgehead atoms. The third kappa shape index (κ3) is 4.95. The van der Waals surface area contributed by atoms with Gasteiger partial charge in [0.1, 0.15) is 48.8 Å².